The van der Waals surface area contributed by atoms with Crippen LogP contribution in [0.25, 0.3) is 0 Å². The predicted molar refractivity (Wildman–Crippen MR) is 120 cm³/mol. The standard InChI is InChI=1S/C18H38N4O4.HI/c1-7-19-16(20-10-9-13-25-15-14-24-6)21-11-12-22(8-2)17(23)26-18(3,4)5;/h7-15H2,1-6H3,(H2,19,20,21);1H. The number of carbonyl (C=O) groups is 1. The van der Waals surface area contributed by atoms with Crippen LogP contribution < -0.4 is 10.6 Å². The highest BCUT2D eigenvalue weighted by Crippen LogP contribution is 2.09. The summed E-state index contributed by atoms with van der Waals surface area (Å²) in [5, 5.41) is 6.44. The Morgan fingerprint density at radius 3 is 2.37 bits per heavy atom. The molecule has 0 saturated carbocycles. The number of nitrogens with one attached hydrogen (secondary N) is 2. The number of ether oxygens (including phenoxy) is 3. The van der Waals surface area contributed by atoms with Gasteiger partial charge in [-0.2, -0.15) is 0 Å². The number of hydrogen-bond acceptors (Lipinski definition) is 5. The van der Waals surface area contributed by atoms with Crippen molar-refractivity contribution < 1.29 is 19.0 Å². The van der Waals surface area contributed by atoms with Crippen molar-refractivity contribution in [2.24, 2.45) is 4.99 Å². The molecule has 0 radical (unpaired) electrons. The first-order chi connectivity index (χ1) is 12.3. The van der Waals surface area contributed by atoms with Gasteiger partial charge in [0, 0.05) is 46.4 Å². The minimum atomic E-state index is -0.486. The Hall–Kier alpha value is -0.810. The largest absolute Gasteiger partial charge is 0.444 e. The van der Waals surface area contributed by atoms with E-state index in [0.29, 0.717) is 46.0 Å². The summed E-state index contributed by atoms with van der Waals surface area (Å²) in [7, 11) is 1.66. The number of likely N-dealkylation sites (N-methyl/N-ethyl adjacent to an activating group) is 1. The minimum Gasteiger partial charge on any atom is -0.444 e. The number of hydrogen-bond donors (Lipinski definition) is 2. The number of aliphatic imine (C=N–C) groups is 1. The third-order valence-corrected chi connectivity index (χ3v) is 3.20. The maximum atomic E-state index is 12.1. The molecule has 1 amide bonds. The number of nitrogens with zero attached hydrogens (tertiary/aromatic N) is 2. The highest BCUT2D eigenvalue weighted by Gasteiger charge is 2.20. The fraction of sp³-hybridized carbons (Fsp3) is 0.889. The number of methoxy groups -OCH3 is 1. The topological polar surface area (TPSA) is 84.4 Å². The quantitative estimate of drug-likeness (QED) is 0.185. The summed E-state index contributed by atoms with van der Waals surface area (Å²) in [4.78, 5) is 18.3. The van der Waals surface area contributed by atoms with Crippen LogP contribution in [0.1, 0.15) is 41.0 Å². The second-order valence-electron chi connectivity index (χ2n) is 6.71. The minimum absolute atomic E-state index is 0. The summed E-state index contributed by atoms with van der Waals surface area (Å²) in [6.07, 6.45) is 0.552. The molecular weight excluding hydrogens is 463 g/mol. The van der Waals surface area contributed by atoms with Crippen LogP contribution in [0.2, 0.25) is 0 Å². The summed E-state index contributed by atoms with van der Waals surface area (Å²) in [6.45, 7) is 14.6. The molecule has 9 heteroatoms. The second kappa shape index (κ2) is 17.3. The predicted octanol–water partition coefficient (Wildman–Crippen LogP) is 2.47. The van der Waals surface area contributed by atoms with Crippen LogP contribution in [0.15, 0.2) is 4.99 Å². The molecule has 0 saturated heterocycles. The molecule has 0 aliphatic carbocycles. The van der Waals surface area contributed by atoms with Gasteiger partial charge in [-0.05, 0) is 41.0 Å². The summed E-state index contributed by atoms with van der Waals surface area (Å²) < 4.78 is 15.7. The number of rotatable bonds is 12. The number of guanidine groups is 1. The van der Waals surface area contributed by atoms with E-state index in [1.54, 1.807) is 12.0 Å². The van der Waals surface area contributed by atoms with Crippen molar-refractivity contribution in [1.29, 1.82) is 0 Å². The zero-order chi connectivity index (χ0) is 19.8. The van der Waals surface area contributed by atoms with Gasteiger partial charge >= 0.3 is 6.09 Å². The van der Waals surface area contributed by atoms with Crippen molar-refractivity contribution >= 4 is 36.0 Å². The van der Waals surface area contributed by atoms with Crippen LogP contribution in [0.3, 0.4) is 0 Å². The lowest BCUT2D eigenvalue weighted by Gasteiger charge is -2.26. The van der Waals surface area contributed by atoms with Gasteiger partial charge in [-0.25, -0.2) is 4.79 Å². The average Bonchev–Trinajstić information content (AvgIpc) is 2.56. The van der Waals surface area contributed by atoms with Gasteiger partial charge in [0.05, 0.1) is 13.2 Å². The molecule has 0 aromatic carbocycles. The van der Waals surface area contributed by atoms with Gasteiger partial charge in [0.2, 0.25) is 0 Å². The first-order valence-corrected chi connectivity index (χ1v) is 9.40. The van der Waals surface area contributed by atoms with Gasteiger partial charge in [-0.15, -0.1) is 24.0 Å². The Bertz CT molecular complexity index is 403. The summed E-state index contributed by atoms with van der Waals surface area (Å²) in [6, 6.07) is 0. The molecule has 0 heterocycles. The molecule has 0 rings (SSSR count). The molecule has 0 bridgehead atoms. The zero-order valence-corrected chi connectivity index (χ0v) is 20.1. The third-order valence-electron chi connectivity index (χ3n) is 3.20. The van der Waals surface area contributed by atoms with E-state index in [9.17, 15) is 4.79 Å². The van der Waals surface area contributed by atoms with Crippen LogP contribution in [0.5, 0.6) is 0 Å². The molecule has 162 valence electrons. The maximum absolute atomic E-state index is 12.1. The lowest BCUT2D eigenvalue weighted by atomic mass is 10.2. The van der Waals surface area contributed by atoms with E-state index in [-0.39, 0.29) is 30.1 Å². The Balaban J connectivity index is 0. The normalized spacial score (nSPS) is 11.6. The van der Waals surface area contributed by atoms with Gasteiger partial charge < -0.3 is 29.7 Å². The van der Waals surface area contributed by atoms with Crippen molar-refractivity contribution in [3.63, 3.8) is 0 Å². The van der Waals surface area contributed by atoms with E-state index < -0.39 is 5.60 Å². The number of carbonyl (C=O) groups excluding carboxylic acids is 1. The van der Waals surface area contributed by atoms with Crippen LogP contribution in [-0.4, -0.2) is 82.2 Å². The Kier molecular flexibility index (Phi) is 18.2. The number of halogens is 1. The van der Waals surface area contributed by atoms with Gasteiger partial charge in [-0.3, -0.25) is 4.99 Å². The van der Waals surface area contributed by atoms with E-state index in [1.165, 1.54) is 0 Å². The van der Waals surface area contributed by atoms with Gasteiger partial charge in [0.15, 0.2) is 5.96 Å². The van der Waals surface area contributed by atoms with Crippen molar-refractivity contribution in [3.05, 3.63) is 0 Å². The van der Waals surface area contributed by atoms with Crippen molar-refractivity contribution in [3.8, 4) is 0 Å². The fourth-order valence-corrected chi connectivity index (χ4v) is 1.96. The van der Waals surface area contributed by atoms with Crippen molar-refractivity contribution in [2.45, 2.75) is 46.6 Å². The molecule has 0 atom stereocenters. The average molecular weight is 502 g/mol. The van der Waals surface area contributed by atoms with Gasteiger partial charge in [-0.1, -0.05) is 0 Å². The summed E-state index contributed by atoms with van der Waals surface area (Å²) >= 11 is 0. The van der Waals surface area contributed by atoms with E-state index in [1.807, 2.05) is 34.6 Å². The molecule has 0 unspecified atom stereocenters. The fourth-order valence-electron chi connectivity index (χ4n) is 1.96. The molecule has 0 aliphatic rings. The van der Waals surface area contributed by atoms with E-state index >= 15 is 0 Å². The Morgan fingerprint density at radius 1 is 1.11 bits per heavy atom. The molecule has 8 nitrogen and oxygen atoms in total. The van der Waals surface area contributed by atoms with E-state index in [0.717, 1.165) is 18.9 Å². The molecule has 0 spiro atoms. The molecule has 0 aromatic rings. The van der Waals surface area contributed by atoms with Crippen molar-refractivity contribution in [2.75, 3.05) is 59.7 Å². The Labute approximate surface area is 181 Å². The first kappa shape index (κ1) is 28.4. The van der Waals surface area contributed by atoms with Gasteiger partial charge in [0.1, 0.15) is 5.60 Å². The Morgan fingerprint density at radius 2 is 1.81 bits per heavy atom. The molecule has 0 fully saturated rings. The van der Waals surface area contributed by atoms with Crippen LogP contribution in [-0.2, 0) is 14.2 Å². The lowest BCUT2D eigenvalue weighted by molar-refractivity contribution is 0.0264. The highest BCUT2D eigenvalue weighted by atomic mass is 127. The maximum Gasteiger partial charge on any atom is 0.410 e. The number of amides is 1. The van der Waals surface area contributed by atoms with Gasteiger partial charge in [0.25, 0.3) is 0 Å². The van der Waals surface area contributed by atoms with Crippen LogP contribution >= 0.6 is 24.0 Å². The van der Waals surface area contributed by atoms with Crippen LogP contribution in [0.4, 0.5) is 4.79 Å². The molecule has 27 heavy (non-hydrogen) atoms. The first-order valence-electron chi connectivity index (χ1n) is 9.40. The lowest BCUT2D eigenvalue weighted by Crippen LogP contribution is -2.44. The summed E-state index contributed by atoms with van der Waals surface area (Å²) in [5.41, 5.74) is -0.486. The monoisotopic (exact) mass is 502 g/mol. The third kappa shape index (κ3) is 17.0. The van der Waals surface area contributed by atoms with Crippen molar-refractivity contribution in [1.82, 2.24) is 15.5 Å². The zero-order valence-electron chi connectivity index (χ0n) is 17.8. The molecule has 2 N–H and O–H groups in total. The molecule has 0 aliphatic heterocycles. The van der Waals surface area contributed by atoms with E-state index in [4.69, 9.17) is 14.2 Å². The van der Waals surface area contributed by atoms with E-state index in [2.05, 4.69) is 15.6 Å². The SMILES string of the molecule is CCNC(=NCCCOCCOC)NCCN(CC)C(=O)OC(C)(C)C.I. The molecule has 0 aromatic heterocycles. The second-order valence-corrected chi connectivity index (χ2v) is 6.71. The molecular formula is C18H39IN4O4. The highest BCUT2D eigenvalue weighted by molar-refractivity contribution is 14.0. The summed E-state index contributed by atoms with van der Waals surface area (Å²) in [5.74, 6) is 0.740. The smallest absolute Gasteiger partial charge is 0.410 e. The van der Waals surface area contributed by atoms with Crippen LogP contribution in [0, 0.1) is 0 Å².